The van der Waals surface area contributed by atoms with E-state index in [2.05, 4.69) is 22.6 Å². The van der Waals surface area contributed by atoms with Crippen LogP contribution in [0.25, 0.3) is 0 Å². The van der Waals surface area contributed by atoms with Gasteiger partial charge in [0.2, 0.25) is 11.8 Å². The predicted molar refractivity (Wildman–Crippen MR) is 141 cm³/mol. The molecule has 37 heavy (non-hydrogen) atoms. The molecule has 4 aliphatic rings. The Morgan fingerprint density at radius 2 is 1.73 bits per heavy atom. The number of allylic oxidation sites excluding steroid dienone is 6. The van der Waals surface area contributed by atoms with E-state index in [0.29, 0.717) is 16.8 Å². The number of rotatable bonds is 2. The fourth-order valence-electron chi connectivity index (χ4n) is 6.35. The molecule has 8 heteroatoms. The normalized spacial score (nSPS) is 27.1. The van der Waals surface area contributed by atoms with Crippen LogP contribution in [0.1, 0.15) is 31.2 Å². The van der Waals surface area contributed by atoms with Crippen molar-refractivity contribution >= 4 is 51.7 Å². The summed E-state index contributed by atoms with van der Waals surface area (Å²) in [6.07, 6.45) is 3.52. The van der Waals surface area contributed by atoms with E-state index in [4.69, 9.17) is 0 Å². The fourth-order valence-corrected chi connectivity index (χ4v) is 6.71. The summed E-state index contributed by atoms with van der Waals surface area (Å²) in [6.45, 7) is 1.57. The van der Waals surface area contributed by atoms with Crippen molar-refractivity contribution in [1.29, 1.82) is 0 Å². The number of halogens is 2. The maximum atomic E-state index is 14.5. The Kier molecular flexibility index (Phi) is 5.56. The number of ketones is 2. The van der Waals surface area contributed by atoms with E-state index in [1.807, 2.05) is 18.2 Å². The predicted octanol–water partition coefficient (Wildman–Crippen LogP) is 4.77. The number of aromatic hydroxyl groups is 1. The Morgan fingerprint density at radius 1 is 1.00 bits per heavy atom. The smallest absolute Gasteiger partial charge is 0.238 e. The molecule has 6 nitrogen and oxygen atoms in total. The summed E-state index contributed by atoms with van der Waals surface area (Å²) in [5.41, 5.74) is 2.10. The van der Waals surface area contributed by atoms with Gasteiger partial charge in [-0.05, 0) is 84.7 Å². The van der Waals surface area contributed by atoms with Crippen LogP contribution in [-0.4, -0.2) is 28.5 Å². The molecule has 1 saturated heterocycles. The molecular formula is C29H21FINO5. The molecule has 0 saturated carbocycles. The Balaban J connectivity index is 1.50. The highest BCUT2D eigenvalue weighted by molar-refractivity contribution is 14.1. The standard InChI is InChI=1S/C29H21FINO5/c1-13-11-22(33)25-20(26(13)34)12-19-16(23(25)17-3-2-4-21(30)27(17)35)9-10-18-24(19)29(37)32(28(18)36)15-7-5-14(31)6-8-15/h2-9,11,18-19,23-24,35H,10,12H2,1H3/t18-,19+,23+,24-/m0/s1. The average molecular weight is 609 g/mol. The molecule has 2 aromatic carbocycles. The number of phenolic OH excluding ortho intramolecular Hbond substituents is 1. The molecule has 0 spiro atoms. The van der Waals surface area contributed by atoms with Crippen molar-refractivity contribution in [2.24, 2.45) is 17.8 Å². The van der Waals surface area contributed by atoms with Gasteiger partial charge in [-0.15, -0.1) is 0 Å². The number of hydrogen-bond donors (Lipinski definition) is 1. The van der Waals surface area contributed by atoms with Gasteiger partial charge in [0.25, 0.3) is 0 Å². The zero-order valence-electron chi connectivity index (χ0n) is 19.7. The summed E-state index contributed by atoms with van der Waals surface area (Å²) >= 11 is 2.15. The third kappa shape index (κ3) is 3.48. The molecule has 1 heterocycles. The first-order valence-electron chi connectivity index (χ1n) is 12.0. The Labute approximate surface area is 225 Å². The lowest BCUT2D eigenvalue weighted by Crippen LogP contribution is -2.39. The van der Waals surface area contributed by atoms with Crippen LogP contribution in [0, 0.1) is 27.1 Å². The van der Waals surface area contributed by atoms with Gasteiger partial charge >= 0.3 is 0 Å². The van der Waals surface area contributed by atoms with E-state index in [1.165, 1.54) is 23.1 Å². The summed E-state index contributed by atoms with van der Waals surface area (Å²) in [6, 6.07) is 11.2. The molecule has 6 rings (SSSR count). The van der Waals surface area contributed by atoms with Crippen molar-refractivity contribution in [3.63, 3.8) is 0 Å². The van der Waals surface area contributed by atoms with Crippen molar-refractivity contribution in [2.45, 2.75) is 25.7 Å². The number of amides is 2. The lowest BCUT2D eigenvalue weighted by molar-refractivity contribution is -0.123. The SMILES string of the molecule is CC1=CC(=O)C2=C(C[C@@H]3C(=CC[C@@H]4C(=O)N(c5ccc(I)cc5)C(=O)[C@@H]43)[C@@H]2c2cccc(F)c2O)C1=O. The van der Waals surface area contributed by atoms with Crippen LogP contribution in [0.3, 0.4) is 0 Å². The number of Topliss-reactive ketones (excluding diaryl/α,β-unsaturated/α-hetero) is 1. The van der Waals surface area contributed by atoms with Gasteiger partial charge < -0.3 is 5.11 Å². The number of imide groups is 1. The number of fused-ring (bicyclic) bond motifs is 3. The number of carbonyl (C=O) groups is 4. The second-order valence-corrected chi connectivity index (χ2v) is 11.1. The topological polar surface area (TPSA) is 91.8 Å². The molecule has 1 N–H and O–H groups in total. The second kappa shape index (κ2) is 8.58. The van der Waals surface area contributed by atoms with Crippen molar-refractivity contribution < 1.29 is 28.7 Å². The maximum absolute atomic E-state index is 14.5. The molecular weight excluding hydrogens is 588 g/mol. The molecule has 4 atom stereocenters. The van der Waals surface area contributed by atoms with Crippen molar-refractivity contribution in [2.75, 3.05) is 4.90 Å². The number of para-hydroxylation sites is 1. The molecule has 0 bridgehead atoms. The van der Waals surface area contributed by atoms with Gasteiger partial charge in [-0.3, -0.25) is 24.1 Å². The number of anilines is 1. The van der Waals surface area contributed by atoms with E-state index >= 15 is 0 Å². The molecule has 0 radical (unpaired) electrons. The van der Waals surface area contributed by atoms with Crippen molar-refractivity contribution in [3.05, 3.63) is 91.9 Å². The Hall–Kier alpha value is -3.40. The van der Waals surface area contributed by atoms with Crippen molar-refractivity contribution in [3.8, 4) is 5.75 Å². The monoisotopic (exact) mass is 609 g/mol. The van der Waals surface area contributed by atoms with Gasteiger partial charge in [0.15, 0.2) is 23.1 Å². The largest absolute Gasteiger partial charge is 0.505 e. The first-order chi connectivity index (χ1) is 17.7. The Bertz CT molecular complexity index is 1520. The highest BCUT2D eigenvalue weighted by Gasteiger charge is 2.56. The number of phenols is 1. The van der Waals surface area contributed by atoms with Crippen LogP contribution >= 0.6 is 22.6 Å². The fraction of sp³-hybridized carbons (Fsp3) is 0.241. The summed E-state index contributed by atoms with van der Waals surface area (Å²) < 4.78 is 15.4. The van der Waals surface area contributed by atoms with Gasteiger partial charge in [-0.2, -0.15) is 0 Å². The minimum atomic E-state index is -0.888. The summed E-state index contributed by atoms with van der Waals surface area (Å²) in [4.78, 5) is 55.0. The minimum absolute atomic E-state index is 0.129. The molecule has 1 fully saturated rings. The van der Waals surface area contributed by atoms with Gasteiger partial charge in [-0.25, -0.2) is 4.39 Å². The van der Waals surface area contributed by atoms with Gasteiger partial charge in [0.05, 0.1) is 17.5 Å². The zero-order valence-corrected chi connectivity index (χ0v) is 21.9. The molecule has 1 aliphatic heterocycles. The number of benzene rings is 2. The minimum Gasteiger partial charge on any atom is -0.505 e. The second-order valence-electron chi connectivity index (χ2n) is 9.89. The molecule has 0 aromatic heterocycles. The van der Waals surface area contributed by atoms with E-state index in [0.717, 1.165) is 9.64 Å². The summed E-state index contributed by atoms with van der Waals surface area (Å²) in [7, 11) is 0. The van der Waals surface area contributed by atoms with E-state index in [9.17, 15) is 28.7 Å². The molecule has 2 aromatic rings. The lowest BCUT2D eigenvalue weighted by atomic mass is 9.59. The third-order valence-electron chi connectivity index (χ3n) is 7.98. The summed E-state index contributed by atoms with van der Waals surface area (Å²) in [5.74, 6) is -5.50. The van der Waals surface area contributed by atoms with Gasteiger partial charge in [-0.1, -0.05) is 23.8 Å². The highest BCUT2D eigenvalue weighted by atomic mass is 127. The molecule has 0 unspecified atom stereocenters. The Morgan fingerprint density at radius 3 is 2.46 bits per heavy atom. The van der Waals surface area contributed by atoms with Gasteiger partial charge in [0.1, 0.15) is 0 Å². The summed E-state index contributed by atoms with van der Waals surface area (Å²) in [5, 5.41) is 10.7. The third-order valence-corrected chi connectivity index (χ3v) is 8.70. The zero-order chi connectivity index (χ0) is 26.2. The number of carbonyl (C=O) groups excluding carboxylic acids is 4. The number of nitrogens with zero attached hydrogens (tertiary/aromatic N) is 1. The van der Waals surface area contributed by atoms with Crippen LogP contribution in [-0.2, 0) is 19.2 Å². The maximum Gasteiger partial charge on any atom is 0.238 e. The van der Waals surface area contributed by atoms with E-state index in [1.54, 1.807) is 19.1 Å². The van der Waals surface area contributed by atoms with Crippen LogP contribution in [0.2, 0.25) is 0 Å². The average Bonchev–Trinajstić information content (AvgIpc) is 3.13. The van der Waals surface area contributed by atoms with Crippen LogP contribution in [0.4, 0.5) is 10.1 Å². The first-order valence-corrected chi connectivity index (χ1v) is 13.1. The number of hydrogen-bond acceptors (Lipinski definition) is 5. The van der Waals surface area contributed by atoms with Crippen molar-refractivity contribution in [1.82, 2.24) is 0 Å². The molecule has 2 amide bonds. The van der Waals surface area contributed by atoms with Crippen LogP contribution in [0.5, 0.6) is 5.75 Å². The quantitative estimate of drug-likeness (QED) is 0.229. The highest BCUT2D eigenvalue weighted by Crippen LogP contribution is 2.56. The molecule has 186 valence electrons. The molecule has 3 aliphatic carbocycles. The van der Waals surface area contributed by atoms with E-state index < -0.39 is 35.2 Å². The van der Waals surface area contributed by atoms with Gasteiger partial charge in [0, 0.05) is 31.8 Å². The lowest BCUT2D eigenvalue weighted by Gasteiger charge is -2.42. The first kappa shape index (κ1) is 24.0. The van der Waals surface area contributed by atoms with Crippen LogP contribution in [0.15, 0.2) is 76.9 Å². The van der Waals surface area contributed by atoms with E-state index in [-0.39, 0.29) is 52.9 Å². The van der Waals surface area contributed by atoms with Crippen LogP contribution < -0.4 is 4.90 Å².